The van der Waals surface area contributed by atoms with Gasteiger partial charge in [-0.15, -0.1) is 0 Å². The molecular formula is C12H17N. The largest absolute Gasteiger partial charge is 0.294 e. The molecule has 1 heteroatoms. The molecule has 0 spiro atoms. The monoisotopic (exact) mass is 175 g/mol. The SMILES string of the molecule is CCN=C(C)Cc1cccc(C)c1. The molecule has 0 aliphatic carbocycles. The van der Waals surface area contributed by atoms with Crippen molar-refractivity contribution in [1.82, 2.24) is 0 Å². The molecule has 0 radical (unpaired) electrons. The summed E-state index contributed by atoms with van der Waals surface area (Å²) in [6, 6.07) is 8.59. The average Bonchev–Trinajstić information content (AvgIpc) is 2.04. The molecule has 1 aromatic rings. The first-order valence-electron chi connectivity index (χ1n) is 4.78. The summed E-state index contributed by atoms with van der Waals surface area (Å²) in [7, 11) is 0. The molecule has 1 rings (SSSR count). The number of aryl methyl sites for hydroxylation is 1. The molecule has 70 valence electrons. The fourth-order valence-electron chi connectivity index (χ4n) is 1.44. The van der Waals surface area contributed by atoms with Gasteiger partial charge in [0.05, 0.1) is 0 Å². The van der Waals surface area contributed by atoms with Crippen molar-refractivity contribution in [2.24, 2.45) is 4.99 Å². The molecule has 0 aliphatic rings. The summed E-state index contributed by atoms with van der Waals surface area (Å²) in [6.45, 7) is 7.17. The minimum atomic E-state index is 0.887. The van der Waals surface area contributed by atoms with Gasteiger partial charge in [0.25, 0.3) is 0 Å². The van der Waals surface area contributed by atoms with Gasteiger partial charge < -0.3 is 0 Å². The molecule has 0 aromatic heterocycles. The van der Waals surface area contributed by atoms with Gasteiger partial charge in [0.1, 0.15) is 0 Å². The topological polar surface area (TPSA) is 12.4 Å². The van der Waals surface area contributed by atoms with Crippen LogP contribution in [0.1, 0.15) is 25.0 Å². The third-order valence-corrected chi connectivity index (χ3v) is 1.97. The fraction of sp³-hybridized carbons (Fsp3) is 0.417. The molecule has 0 saturated heterocycles. The van der Waals surface area contributed by atoms with E-state index in [2.05, 4.69) is 50.0 Å². The highest BCUT2D eigenvalue weighted by Crippen LogP contribution is 2.05. The zero-order chi connectivity index (χ0) is 9.68. The molecule has 1 nitrogen and oxygen atoms in total. The van der Waals surface area contributed by atoms with E-state index in [-0.39, 0.29) is 0 Å². The summed E-state index contributed by atoms with van der Waals surface area (Å²) in [5, 5.41) is 0. The second-order valence-electron chi connectivity index (χ2n) is 3.38. The van der Waals surface area contributed by atoms with Gasteiger partial charge in [-0.25, -0.2) is 0 Å². The molecule has 0 amide bonds. The Hall–Kier alpha value is -1.11. The van der Waals surface area contributed by atoms with Gasteiger partial charge in [0, 0.05) is 18.7 Å². The van der Waals surface area contributed by atoms with Crippen LogP contribution in [0, 0.1) is 6.92 Å². The summed E-state index contributed by atoms with van der Waals surface area (Å²) >= 11 is 0. The van der Waals surface area contributed by atoms with E-state index in [1.54, 1.807) is 0 Å². The summed E-state index contributed by atoms with van der Waals surface area (Å²) in [5.41, 5.74) is 3.89. The maximum atomic E-state index is 4.37. The van der Waals surface area contributed by atoms with E-state index in [1.807, 2.05) is 0 Å². The molecule has 0 saturated carbocycles. The van der Waals surface area contributed by atoms with Crippen LogP contribution in [-0.2, 0) is 6.42 Å². The Morgan fingerprint density at radius 2 is 2.15 bits per heavy atom. The molecule has 0 unspecified atom stereocenters. The van der Waals surface area contributed by atoms with Crippen molar-refractivity contribution in [3.05, 3.63) is 35.4 Å². The Kier molecular flexibility index (Phi) is 3.69. The third kappa shape index (κ3) is 3.41. The summed E-state index contributed by atoms with van der Waals surface area (Å²) in [5.74, 6) is 0. The van der Waals surface area contributed by atoms with E-state index in [0.29, 0.717) is 0 Å². The highest BCUT2D eigenvalue weighted by atomic mass is 14.7. The van der Waals surface area contributed by atoms with Crippen LogP contribution in [0.25, 0.3) is 0 Å². The Morgan fingerprint density at radius 1 is 1.38 bits per heavy atom. The normalized spacial score (nSPS) is 11.8. The molecule has 0 bridgehead atoms. The van der Waals surface area contributed by atoms with Gasteiger partial charge in [-0.1, -0.05) is 29.8 Å². The van der Waals surface area contributed by atoms with E-state index < -0.39 is 0 Å². The van der Waals surface area contributed by atoms with Crippen molar-refractivity contribution < 1.29 is 0 Å². The van der Waals surface area contributed by atoms with Gasteiger partial charge in [-0.05, 0) is 26.3 Å². The Morgan fingerprint density at radius 3 is 2.77 bits per heavy atom. The number of hydrogen-bond acceptors (Lipinski definition) is 1. The van der Waals surface area contributed by atoms with Gasteiger partial charge in [-0.2, -0.15) is 0 Å². The van der Waals surface area contributed by atoms with Crippen LogP contribution in [0.3, 0.4) is 0 Å². The molecule has 0 heterocycles. The van der Waals surface area contributed by atoms with Gasteiger partial charge in [-0.3, -0.25) is 4.99 Å². The second-order valence-corrected chi connectivity index (χ2v) is 3.38. The van der Waals surface area contributed by atoms with Gasteiger partial charge in [0.2, 0.25) is 0 Å². The van der Waals surface area contributed by atoms with Crippen molar-refractivity contribution in [2.45, 2.75) is 27.2 Å². The van der Waals surface area contributed by atoms with Crippen LogP contribution in [0.5, 0.6) is 0 Å². The van der Waals surface area contributed by atoms with Crippen LogP contribution >= 0.6 is 0 Å². The lowest BCUT2D eigenvalue weighted by atomic mass is 10.1. The molecule has 1 aromatic carbocycles. The van der Waals surface area contributed by atoms with Crippen molar-refractivity contribution in [1.29, 1.82) is 0 Å². The molecule has 0 N–H and O–H groups in total. The van der Waals surface area contributed by atoms with Crippen LogP contribution in [0.2, 0.25) is 0 Å². The highest BCUT2D eigenvalue weighted by molar-refractivity contribution is 5.84. The molecular weight excluding hydrogens is 158 g/mol. The molecule has 13 heavy (non-hydrogen) atoms. The van der Waals surface area contributed by atoms with Crippen LogP contribution in [0.4, 0.5) is 0 Å². The van der Waals surface area contributed by atoms with E-state index in [0.717, 1.165) is 13.0 Å². The third-order valence-electron chi connectivity index (χ3n) is 1.97. The van der Waals surface area contributed by atoms with Crippen molar-refractivity contribution in [2.75, 3.05) is 6.54 Å². The average molecular weight is 175 g/mol. The predicted octanol–water partition coefficient (Wildman–Crippen LogP) is 3.02. The van der Waals surface area contributed by atoms with E-state index >= 15 is 0 Å². The maximum absolute atomic E-state index is 4.37. The standard InChI is InChI=1S/C12H17N/c1-4-13-11(3)9-12-7-5-6-10(2)8-12/h5-8H,4,9H2,1-3H3. The lowest BCUT2D eigenvalue weighted by Gasteiger charge is -2.01. The second kappa shape index (κ2) is 4.80. The summed E-state index contributed by atoms with van der Waals surface area (Å²) in [6.07, 6.45) is 0.982. The quantitative estimate of drug-likeness (QED) is 0.626. The number of rotatable bonds is 3. The molecule has 0 fully saturated rings. The first kappa shape index (κ1) is 9.97. The first-order valence-corrected chi connectivity index (χ1v) is 4.78. The molecule has 0 aliphatic heterocycles. The number of benzene rings is 1. The minimum absolute atomic E-state index is 0.887. The number of aliphatic imine (C=N–C) groups is 1. The van der Waals surface area contributed by atoms with E-state index in [1.165, 1.54) is 16.8 Å². The summed E-state index contributed by atoms with van der Waals surface area (Å²) < 4.78 is 0. The lowest BCUT2D eigenvalue weighted by Crippen LogP contribution is -1.98. The zero-order valence-corrected chi connectivity index (χ0v) is 8.67. The van der Waals surface area contributed by atoms with Crippen LogP contribution in [-0.4, -0.2) is 12.3 Å². The first-order chi connectivity index (χ1) is 6.22. The number of hydrogen-bond donors (Lipinski definition) is 0. The lowest BCUT2D eigenvalue weighted by molar-refractivity contribution is 1.10. The van der Waals surface area contributed by atoms with E-state index in [4.69, 9.17) is 0 Å². The Bertz CT molecular complexity index is 300. The number of nitrogens with zero attached hydrogens (tertiary/aromatic N) is 1. The van der Waals surface area contributed by atoms with Crippen molar-refractivity contribution in [3.8, 4) is 0 Å². The Balaban J connectivity index is 2.69. The highest BCUT2D eigenvalue weighted by Gasteiger charge is 1.95. The molecule has 0 atom stereocenters. The minimum Gasteiger partial charge on any atom is -0.294 e. The van der Waals surface area contributed by atoms with Crippen LogP contribution in [0.15, 0.2) is 29.3 Å². The zero-order valence-electron chi connectivity index (χ0n) is 8.67. The van der Waals surface area contributed by atoms with Crippen molar-refractivity contribution >= 4 is 5.71 Å². The van der Waals surface area contributed by atoms with Crippen LogP contribution < -0.4 is 0 Å². The fourth-order valence-corrected chi connectivity index (χ4v) is 1.44. The van der Waals surface area contributed by atoms with Crippen molar-refractivity contribution in [3.63, 3.8) is 0 Å². The summed E-state index contributed by atoms with van der Waals surface area (Å²) in [4.78, 5) is 4.37. The predicted molar refractivity (Wildman–Crippen MR) is 58.5 cm³/mol. The Labute approximate surface area is 80.5 Å². The van der Waals surface area contributed by atoms with Gasteiger partial charge >= 0.3 is 0 Å². The maximum Gasteiger partial charge on any atom is 0.0360 e. The van der Waals surface area contributed by atoms with E-state index in [9.17, 15) is 0 Å². The smallest absolute Gasteiger partial charge is 0.0360 e. The van der Waals surface area contributed by atoms with Gasteiger partial charge in [0.15, 0.2) is 0 Å².